The van der Waals surface area contributed by atoms with Crippen molar-refractivity contribution in [2.45, 2.75) is 6.92 Å². The molecule has 3 N–H and O–H groups in total. The molecule has 0 fully saturated rings. The lowest BCUT2D eigenvalue weighted by Gasteiger charge is -2.05. The summed E-state index contributed by atoms with van der Waals surface area (Å²) in [6.07, 6.45) is 2.90. The van der Waals surface area contributed by atoms with E-state index in [0.717, 1.165) is 0 Å². The molecule has 0 aromatic carbocycles. The summed E-state index contributed by atoms with van der Waals surface area (Å²) in [7, 11) is 0. The minimum atomic E-state index is -0.554. The fourth-order valence-electron chi connectivity index (χ4n) is 1.47. The van der Waals surface area contributed by atoms with Crippen molar-refractivity contribution < 1.29 is 14.4 Å². The number of pyridine rings is 1. The first-order valence-corrected chi connectivity index (χ1v) is 5.79. The van der Waals surface area contributed by atoms with Crippen LogP contribution in [0.1, 0.15) is 38.3 Å². The summed E-state index contributed by atoms with van der Waals surface area (Å²) < 4.78 is 0. The van der Waals surface area contributed by atoms with E-state index in [2.05, 4.69) is 20.8 Å². The van der Waals surface area contributed by atoms with Crippen LogP contribution in [0.3, 0.4) is 0 Å². The van der Waals surface area contributed by atoms with E-state index in [4.69, 9.17) is 0 Å². The van der Waals surface area contributed by atoms with Crippen LogP contribution in [0, 0.1) is 0 Å². The zero-order valence-electron chi connectivity index (χ0n) is 10.6. The van der Waals surface area contributed by atoms with Gasteiger partial charge in [-0.2, -0.15) is 0 Å². The Labute approximate surface area is 114 Å². The zero-order valence-corrected chi connectivity index (χ0v) is 10.6. The highest BCUT2D eigenvalue weighted by Gasteiger charge is 2.12. The third-order valence-electron chi connectivity index (χ3n) is 2.52. The van der Waals surface area contributed by atoms with Gasteiger partial charge in [-0.1, -0.05) is 6.07 Å². The van der Waals surface area contributed by atoms with Crippen LogP contribution in [0.4, 0.5) is 0 Å². The molecule has 0 radical (unpaired) electrons. The van der Waals surface area contributed by atoms with Crippen LogP contribution in [0.15, 0.2) is 36.7 Å². The summed E-state index contributed by atoms with van der Waals surface area (Å²) in [5.74, 6) is -1.24. The van der Waals surface area contributed by atoms with E-state index in [-0.39, 0.29) is 17.2 Å². The number of aromatic amines is 1. The van der Waals surface area contributed by atoms with Gasteiger partial charge in [-0.25, -0.2) is 0 Å². The van der Waals surface area contributed by atoms with E-state index in [1.165, 1.54) is 31.5 Å². The first-order chi connectivity index (χ1) is 9.58. The quantitative estimate of drug-likeness (QED) is 0.564. The number of hydrogen-bond donors (Lipinski definition) is 3. The van der Waals surface area contributed by atoms with E-state index in [1.54, 1.807) is 12.1 Å². The number of hydrogen-bond acceptors (Lipinski definition) is 4. The number of hydrazine groups is 1. The summed E-state index contributed by atoms with van der Waals surface area (Å²) in [4.78, 5) is 41.0. The molecule has 102 valence electrons. The fraction of sp³-hybridized carbons (Fsp3) is 0.0769. The van der Waals surface area contributed by atoms with Gasteiger partial charge in [0.05, 0.1) is 0 Å². The number of H-pyrrole nitrogens is 1. The lowest BCUT2D eigenvalue weighted by molar-refractivity contribution is 0.0841. The maximum atomic E-state index is 11.7. The Morgan fingerprint density at radius 1 is 1.15 bits per heavy atom. The highest BCUT2D eigenvalue weighted by Crippen LogP contribution is 2.03. The molecule has 0 aliphatic heterocycles. The normalized spacial score (nSPS) is 9.85. The molecule has 0 aliphatic rings. The van der Waals surface area contributed by atoms with Gasteiger partial charge in [0.25, 0.3) is 11.8 Å². The van der Waals surface area contributed by atoms with Gasteiger partial charge in [0.1, 0.15) is 11.4 Å². The molecule has 2 amide bonds. The summed E-state index contributed by atoms with van der Waals surface area (Å²) >= 11 is 0. The third kappa shape index (κ3) is 3.08. The molecule has 0 spiro atoms. The van der Waals surface area contributed by atoms with Gasteiger partial charge in [-0.15, -0.1) is 0 Å². The average Bonchev–Trinajstić information content (AvgIpc) is 2.95. The maximum absolute atomic E-state index is 11.7. The number of amides is 2. The topological polar surface area (TPSA) is 104 Å². The summed E-state index contributed by atoms with van der Waals surface area (Å²) in [5, 5.41) is 0. The summed E-state index contributed by atoms with van der Waals surface area (Å²) in [6, 6.07) is 6.26. The lowest BCUT2D eigenvalue weighted by atomic mass is 10.2. The van der Waals surface area contributed by atoms with Crippen LogP contribution >= 0.6 is 0 Å². The Morgan fingerprint density at radius 3 is 2.50 bits per heavy atom. The minimum Gasteiger partial charge on any atom is -0.356 e. The van der Waals surface area contributed by atoms with Crippen molar-refractivity contribution in [3.05, 3.63) is 53.6 Å². The molecule has 0 aliphatic carbocycles. The predicted octanol–water partition coefficient (Wildman–Crippen LogP) is 0.687. The Bertz CT molecular complexity index is 649. The number of nitrogens with one attached hydrogen (secondary N) is 3. The summed E-state index contributed by atoms with van der Waals surface area (Å²) in [6.45, 7) is 1.40. The Hall–Kier alpha value is -2.96. The highest BCUT2D eigenvalue weighted by atomic mass is 16.2. The molecule has 0 saturated carbocycles. The van der Waals surface area contributed by atoms with Gasteiger partial charge in [-0.3, -0.25) is 30.2 Å². The molecule has 2 aromatic heterocycles. The van der Waals surface area contributed by atoms with Gasteiger partial charge in [0.15, 0.2) is 5.78 Å². The van der Waals surface area contributed by atoms with Crippen molar-refractivity contribution in [2.75, 3.05) is 0 Å². The average molecular weight is 272 g/mol. The van der Waals surface area contributed by atoms with E-state index in [9.17, 15) is 14.4 Å². The number of aromatic nitrogens is 2. The largest absolute Gasteiger partial charge is 0.356 e. The molecule has 0 atom stereocenters. The Balaban J connectivity index is 1.95. The van der Waals surface area contributed by atoms with Gasteiger partial charge in [-0.05, 0) is 25.1 Å². The van der Waals surface area contributed by atoms with E-state index >= 15 is 0 Å². The molecule has 2 heterocycles. The molecule has 2 rings (SSSR count). The zero-order chi connectivity index (χ0) is 14.5. The van der Waals surface area contributed by atoms with Gasteiger partial charge in [0.2, 0.25) is 0 Å². The number of ketones is 1. The third-order valence-corrected chi connectivity index (χ3v) is 2.52. The number of Topliss-reactive ketones (excluding diaryl/α,β-unsaturated/α-hetero) is 1. The number of rotatable bonds is 3. The number of carbonyl (C=O) groups excluding carboxylic acids is 3. The van der Waals surface area contributed by atoms with E-state index in [0.29, 0.717) is 5.56 Å². The highest BCUT2D eigenvalue weighted by molar-refractivity contribution is 6.00. The van der Waals surface area contributed by atoms with Crippen molar-refractivity contribution in [3.63, 3.8) is 0 Å². The second kappa shape index (κ2) is 5.79. The molecule has 0 bridgehead atoms. The van der Waals surface area contributed by atoms with Crippen LogP contribution in [-0.4, -0.2) is 27.6 Å². The van der Waals surface area contributed by atoms with Crippen LogP contribution < -0.4 is 10.9 Å². The van der Waals surface area contributed by atoms with Crippen molar-refractivity contribution in [1.29, 1.82) is 0 Å². The first-order valence-electron chi connectivity index (χ1n) is 5.79. The van der Waals surface area contributed by atoms with Crippen molar-refractivity contribution in [3.8, 4) is 0 Å². The molecule has 0 saturated heterocycles. The monoisotopic (exact) mass is 272 g/mol. The van der Waals surface area contributed by atoms with E-state index < -0.39 is 11.8 Å². The smallest absolute Gasteiger partial charge is 0.288 e. The van der Waals surface area contributed by atoms with Crippen LogP contribution in [0.25, 0.3) is 0 Å². The van der Waals surface area contributed by atoms with Crippen molar-refractivity contribution >= 4 is 17.6 Å². The summed E-state index contributed by atoms with van der Waals surface area (Å²) in [5.41, 5.74) is 5.21. The van der Waals surface area contributed by atoms with Crippen molar-refractivity contribution in [1.82, 2.24) is 20.8 Å². The molecular weight excluding hydrogens is 260 g/mol. The first kappa shape index (κ1) is 13.5. The Kier molecular flexibility index (Phi) is 3.90. The molecule has 2 aromatic rings. The molecular formula is C13H12N4O3. The molecule has 0 unspecified atom stereocenters. The standard InChI is InChI=1S/C13H12N4O3/c1-8(18)9-6-11(15-7-9)13(20)17-16-12(19)10-4-2-3-5-14-10/h2-7,15H,1H3,(H,16,19)(H,17,20). The second-order valence-electron chi connectivity index (χ2n) is 3.98. The molecule has 7 heteroatoms. The van der Waals surface area contributed by atoms with Crippen LogP contribution in [-0.2, 0) is 0 Å². The minimum absolute atomic E-state index is 0.155. The van der Waals surface area contributed by atoms with Gasteiger partial charge >= 0.3 is 0 Å². The fourth-order valence-corrected chi connectivity index (χ4v) is 1.47. The van der Waals surface area contributed by atoms with Gasteiger partial charge < -0.3 is 4.98 Å². The van der Waals surface area contributed by atoms with Crippen molar-refractivity contribution in [2.24, 2.45) is 0 Å². The molecule has 7 nitrogen and oxygen atoms in total. The van der Waals surface area contributed by atoms with Gasteiger partial charge in [0, 0.05) is 18.0 Å². The second-order valence-corrected chi connectivity index (χ2v) is 3.98. The van der Waals surface area contributed by atoms with E-state index in [1.807, 2.05) is 0 Å². The predicted molar refractivity (Wildman–Crippen MR) is 70.0 cm³/mol. The number of nitrogens with zero attached hydrogens (tertiary/aromatic N) is 1. The lowest BCUT2D eigenvalue weighted by Crippen LogP contribution is -2.42. The Morgan fingerprint density at radius 2 is 1.90 bits per heavy atom. The molecule has 20 heavy (non-hydrogen) atoms. The SMILES string of the molecule is CC(=O)c1c[nH]c(C(=O)NNC(=O)c2ccccn2)c1. The van der Waals surface area contributed by atoms with Crippen LogP contribution in [0.2, 0.25) is 0 Å². The number of carbonyl (C=O) groups is 3. The maximum Gasteiger partial charge on any atom is 0.288 e. The van der Waals surface area contributed by atoms with Crippen LogP contribution in [0.5, 0.6) is 0 Å².